The first-order valence-corrected chi connectivity index (χ1v) is 8.24. The van der Waals surface area contributed by atoms with Gasteiger partial charge in [0.15, 0.2) is 5.54 Å². The number of aromatic nitrogens is 2. The van der Waals surface area contributed by atoms with Crippen molar-refractivity contribution in [1.29, 1.82) is 0 Å². The molecule has 2 rings (SSSR count). The van der Waals surface area contributed by atoms with Crippen molar-refractivity contribution in [2.75, 3.05) is 18.8 Å². The largest absolute Gasteiger partial charge is 0.479 e. The van der Waals surface area contributed by atoms with E-state index in [1.165, 1.54) is 15.2 Å². The summed E-state index contributed by atoms with van der Waals surface area (Å²) in [4.78, 5) is 11.6. The van der Waals surface area contributed by atoms with E-state index in [0.717, 1.165) is 0 Å². The van der Waals surface area contributed by atoms with E-state index in [9.17, 15) is 18.3 Å². The zero-order chi connectivity index (χ0) is 14.8. The summed E-state index contributed by atoms with van der Waals surface area (Å²) in [6, 6.07) is 1.67. The molecule has 0 aliphatic carbocycles. The van der Waals surface area contributed by atoms with Crippen LogP contribution in [0.2, 0.25) is 0 Å². The monoisotopic (exact) mass is 301 g/mol. The molecule has 20 heavy (non-hydrogen) atoms. The van der Waals surface area contributed by atoms with E-state index in [4.69, 9.17) is 0 Å². The number of sulfonamides is 1. The fourth-order valence-corrected chi connectivity index (χ4v) is 4.10. The molecule has 1 fully saturated rings. The maximum absolute atomic E-state index is 12.0. The Kier molecular flexibility index (Phi) is 4.14. The number of carboxylic acid groups (broad SMARTS) is 1. The first-order chi connectivity index (χ1) is 9.42. The fraction of sp³-hybridized carbons (Fsp3) is 0.667. The summed E-state index contributed by atoms with van der Waals surface area (Å²) in [6.07, 6.45) is 4.16. The Labute approximate surface area is 118 Å². The number of aliphatic carboxylic acids is 1. The molecule has 7 nitrogen and oxygen atoms in total. The molecule has 0 aromatic carbocycles. The fourth-order valence-electron chi connectivity index (χ4n) is 2.58. The van der Waals surface area contributed by atoms with Crippen LogP contribution in [0, 0.1) is 0 Å². The summed E-state index contributed by atoms with van der Waals surface area (Å²) in [5.41, 5.74) is -1.14. The Hall–Kier alpha value is -1.41. The normalized spacial score (nSPS) is 19.9. The van der Waals surface area contributed by atoms with E-state index < -0.39 is 21.5 Å². The lowest BCUT2D eigenvalue weighted by atomic mass is 9.88. The molecule has 1 N–H and O–H groups in total. The highest BCUT2D eigenvalue weighted by molar-refractivity contribution is 7.89. The molecule has 0 spiro atoms. The zero-order valence-electron chi connectivity index (χ0n) is 11.4. The number of carboxylic acids is 1. The summed E-state index contributed by atoms with van der Waals surface area (Å²) >= 11 is 0. The predicted octanol–water partition coefficient (Wildman–Crippen LogP) is 0.499. The summed E-state index contributed by atoms with van der Waals surface area (Å²) in [5, 5.41) is 13.5. The van der Waals surface area contributed by atoms with Crippen LogP contribution in [0.15, 0.2) is 18.5 Å². The third-order valence-electron chi connectivity index (χ3n) is 3.75. The molecule has 0 atom stereocenters. The van der Waals surface area contributed by atoms with Crippen LogP contribution in [0.3, 0.4) is 0 Å². The van der Waals surface area contributed by atoms with Crippen LogP contribution in [0.25, 0.3) is 0 Å². The van der Waals surface area contributed by atoms with Gasteiger partial charge >= 0.3 is 5.97 Å². The summed E-state index contributed by atoms with van der Waals surface area (Å²) in [5.74, 6) is -0.858. The molecule has 8 heteroatoms. The van der Waals surface area contributed by atoms with E-state index in [1.54, 1.807) is 12.3 Å². The van der Waals surface area contributed by atoms with Crippen LogP contribution in [0.1, 0.15) is 26.2 Å². The summed E-state index contributed by atoms with van der Waals surface area (Å²) < 4.78 is 26.8. The topological polar surface area (TPSA) is 92.5 Å². The number of carbonyl (C=O) groups is 1. The lowest BCUT2D eigenvalue weighted by molar-refractivity contribution is -0.150. The van der Waals surface area contributed by atoms with Crippen molar-refractivity contribution >= 4 is 16.0 Å². The van der Waals surface area contributed by atoms with Gasteiger partial charge < -0.3 is 5.11 Å². The van der Waals surface area contributed by atoms with Gasteiger partial charge in [0.25, 0.3) is 0 Å². The molecule has 1 aromatic rings. The van der Waals surface area contributed by atoms with Gasteiger partial charge in [-0.3, -0.25) is 4.68 Å². The first kappa shape index (κ1) is 15.0. The molecule has 0 bridgehead atoms. The van der Waals surface area contributed by atoms with Crippen LogP contribution in [0.5, 0.6) is 0 Å². The predicted molar refractivity (Wildman–Crippen MR) is 72.7 cm³/mol. The van der Waals surface area contributed by atoms with Crippen molar-refractivity contribution in [3.63, 3.8) is 0 Å². The SMILES string of the molecule is CCCS(=O)(=O)N1CCC(C(=O)O)(n2cccn2)CC1. The van der Waals surface area contributed by atoms with E-state index in [0.29, 0.717) is 6.42 Å². The van der Waals surface area contributed by atoms with Crippen LogP contribution in [0.4, 0.5) is 0 Å². The molecule has 1 aliphatic heterocycles. The maximum Gasteiger partial charge on any atom is 0.331 e. The smallest absolute Gasteiger partial charge is 0.331 e. The average molecular weight is 301 g/mol. The third-order valence-corrected chi connectivity index (χ3v) is 5.82. The van der Waals surface area contributed by atoms with Gasteiger partial charge in [0.2, 0.25) is 10.0 Å². The van der Waals surface area contributed by atoms with Gasteiger partial charge in [-0.15, -0.1) is 0 Å². The number of hydrogen-bond donors (Lipinski definition) is 1. The average Bonchev–Trinajstić information content (AvgIpc) is 2.92. The Morgan fingerprint density at radius 3 is 2.50 bits per heavy atom. The van der Waals surface area contributed by atoms with Gasteiger partial charge in [0, 0.05) is 25.5 Å². The minimum Gasteiger partial charge on any atom is -0.479 e. The molecular formula is C12H19N3O4S. The van der Waals surface area contributed by atoms with Crippen LogP contribution in [-0.2, 0) is 20.4 Å². The molecule has 1 aliphatic rings. The molecule has 0 amide bonds. The van der Waals surface area contributed by atoms with Gasteiger partial charge in [-0.25, -0.2) is 17.5 Å². The van der Waals surface area contributed by atoms with Crippen molar-refractivity contribution < 1.29 is 18.3 Å². The maximum atomic E-state index is 12.0. The van der Waals surface area contributed by atoms with Gasteiger partial charge in [0.05, 0.1) is 5.75 Å². The van der Waals surface area contributed by atoms with Gasteiger partial charge in [-0.05, 0) is 25.3 Å². The number of nitrogens with zero attached hydrogens (tertiary/aromatic N) is 3. The van der Waals surface area contributed by atoms with Crippen LogP contribution < -0.4 is 0 Å². The summed E-state index contributed by atoms with van der Waals surface area (Å²) in [6.45, 7) is 2.25. The lowest BCUT2D eigenvalue weighted by Crippen LogP contribution is -2.52. The van der Waals surface area contributed by atoms with Crippen molar-refractivity contribution in [2.45, 2.75) is 31.7 Å². The molecule has 0 saturated carbocycles. The van der Waals surface area contributed by atoms with Crippen molar-refractivity contribution in [3.8, 4) is 0 Å². The molecule has 112 valence electrons. The van der Waals surface area contributed by atoms with Gasteiger partial charge in [-0.1, -0.05) is 6.92 Å². The first-order valence-electron chi connectivity index (χ1n) is 6.64. The van der Waals surface area contributed by atoms with Gasteiger partial charge in [0.1, 0.15) is 0 Å². The highest BCUT2D eigenvalue weighted by atomic mass is 32.2. The second kappa shape index (κ2) is 5.53. The molecule has 2 heterocycles. The molecule has 0 unspecified atom stereocenters. The van der Waals surface area contributed by atoms with Crippen LogP contribution >= 0.6 is 0 Å². The number of rotatable bonds is 5. The third kappa shape index (κ3) is 2.57. The second-order valence-corrected chi connectivity index (χ2v) is 7.09. The second-order valence-electron chi connectivity index (χ2n) is 5.00. The standard InChI is InChI=1S/C12H19N3O4S/c1-2-10-20(18,19)14-8-4-12(5-9-14,11(16)17)15-7-3-6-13-15/h3,6-7H,2,4-5,8-10H2,1H3,(H,16,17). The van der Waals surface area contributed by atoms with Crippen molar-refractivity contribution in [1.82, 2.24) is 14.1 Å². The minimum atomic E-state index is -3.27. The van der Waals surface area contributed by atoms with Gasteiger partial charge in [-0.2, -0.15) is 5.10 Å². The van der Waals surface area contributed by atoms with Crippen molar-refractivity contribution in [2.24, 2.45) is 0 Å². The van der Waals surface area contributed by atoms with Crippen molar-refractivity contribution in [3.05, 3.63) is 18.5 Å². The van der Waals surface area contributed by atoms with E-state index in [1.807, 2.05) is 6.92 Å². The molecular weight excluding hydrogens is 282 g/mol. The highest BCUT2D eigenvalue weighted by Crippen LogP contribution is 2.31. The number of hydrogen-bond acceptors (Lipinski definition) is 4. The minimum absolute atomic E-state index is 0.106. The Morgan fingerprint density at radius 1 is 1.40 bits per heavy atom. The molecule has 1 saturated heterocycles. The Bertz CT molecular complexity index is 560. The Balaban J connectivity index is 2.18. The Morgan fingerprint density at radius 2 is 2.05 bits per heavy atom. The van der Waals surface area contributed by atoms with E-state index in [-0.39, 0.29) is 31.7 Å². The lowest BCUT2D eigenvalue weighted by Gasteiger charge is -2.38. The van der Waals surface area contributed by atoms with E-state index in [2.05, 4.69) is 5.10 Å². The van der Waals surface area contributed by atoms with E-state index >= 15 is 0 Å². The summed E-state index contributed by atoms with van der Waals surface area (Å²) in [7, 11) is -3.27. The zero-order valence-corrected chi connectivity index (χ0v) is 12.2. The number of piperidine rings is 1. The molecule has 1 aromatic heterocycles. The highest BCUT2D eigenvalue weighted by Gasteiger charge is 2.45. The molecule has 0 radical (unpaired) electrons. The quantitative estimate of drug-likeness (QED) is 0.855. The van der Waals surface area contributed by atoms with Crippen LogP contribution in [-0.4, -0.2) is 52.4 Å².